The van der Waals surface area contributed by atoms with E-state index < -0.39 is 57.7 Å². The number of rotatable bonds is 8. The molecule has 5 aromatic carbocycles. The molecule has 0 atom stereocenters. The molecule has 216 valence electrons. The van der Waals surface area contributed by atoms with Gasteiger partial charge in [-0.2, -0.15) is 8.78 Å². The van der Waals surface area contributed by atoms with Crippen molar-refractivity contribution in [3.63, 3.8) is 0 Å². The fraction of sp³-hybridized carbons (Fsp3) is 0.152. The van der Waals surface area contributed by atoms with Crippen molar-refractivity contribution in [2.75, 3.05) is 0 Å². The largest absolute Gasteiger partial charge is 0.432 e. The quantitative estimate of drug-likeness (QED) is 0.130. The topological polar surface area (TPSA) is 9.23 Å². The van der Waals surface area contributed by atoms with Gasteiger partial charge < -0.3 is 4.74 Å². The molecule has 0 N–H and O–H groups in total. The first-order chi connectivity index (χ1) is 20.0. The molecule has 0 amide bonds. The Hall–Kier alpha value is -4.40. The molecule has 9 heteroatoms. The predicted molar refractivity (Wildman–Crippen MR) is 144 cm³/mol. The van der Waals surface area contributed by atoms with E-state index in [0.29, 0.717) is 23.8 Å². The van der Waals surface area contributed by atoms with E-state index in [1.807, 2.05) is 24.3 Å². The molecule has 1 nitrogen and oxygen atoms in total. The Morgan fingerprint density at radius 3 is 1.90 bits per heavy atom. The molecule has 0 saturated heterocycles. The highest BCUT2D eigenvalue weighted by molar-refractivity contribution is 5.84. The predicted octanol–water partition coefficient (Wildman–Crippen LogP) is 10.5. The summed E-state index contributed by atoms with van der Waals surface area (Å²) >= 11 is 0. The van der Waals surface area contributed by atoms with Crippen molar-refractivity contribution in [2.45, 2.75) is 32.3 Å². The molecule has 5 rings (SSSR count). The van der Waals surface area contributed by atoms with Crippen molar-refractivity contribution < 1.29 is 39.9 Å². The first-order valence-electron chi connectivity index (χ1n) is 13.0. The first-order valence-corrected chi connectivity index (χ1v) is 13.0. The average Bonchev–Trinajstić information content (AvgIpc) is 2.94. The summed E-state index contributed by atoms with van der Waals surface area (Å²) in [7, 11) is 0. The van der Waals surface area contributed by atoms with Crippen molar-refractivity contribution in [3.05, 3.63) is 125 Å². The second kappa shape index (κ2) is 11.5. The van der Waals surface area contributed by atoms with E-state index in [1.165, 1.54) is 12.1 Å². The van der Waals surface area contributed by atoms with Gasteiger partial charge in [-0.15, -0.1) is 0 Å². The number of aryl methyl sites for hydroxylation is 1. The van der Waals surface area contributed by atoms with Crippen LogP contribution < -0.4 is 4.74 Å². The van der Waals surface area contributed by atoms with Gasteiger partial charge in [-0.25, -0.2) is 26.3 Å². The lowest BCUT2D eigenvalue weighted by Gasteiger charge is -2.20. The van der Waals surface area contributed by atoms with Crippen molar-refractivity contribution in [2.24, 2.45) is 0 Å². The van der Waals surface area contributed by atoms with Crippen LogP contribution >= 0.6 is 0 Å². The van der Waals surface area contributed by atoms with E-state index in [4.69, 9.17) is 0 Å². The molecule has 0 saturated carbocycles. The van der Waals surface area contributed by atoms with Crippen LogP contribution in [0.2, 0.25) is 0 Å². The minimum atomic E-state index is -4.58. The van der Waals surface area contributed by atoms with E-state index in [0.717, 1.165) is 48.6 Å². The number of fused-ring (bicyclic) bond motifs is 1. The number of hydrogen-bond donors (Lipinski definition) is 0. The zero-order valence-electron chi connectivity index (χ0n) is 22.1. The lowest BCUT2D eigenvalue weighted by atomic mass is 9.97. The number of benzene rings is 5. The second-order valence-corrected chi connectivity index (χ2v) is 9.80. The van der Waals surface area contributed by atoms with Crippen LogP contribution in [0.25, 0.3) is 33.0 Å². The molecule has 0 aliphatic rings. The van der Waals surface area contributed by atoms with E-state index in [1.54, 1.807) is 6.07 Å². The Kier molecular flexibility index (Phi) is 7.95. The lowest BCUT2D eigenvalue weighted by molar-refractivity contribution is -0.189. The van der Waals surface area contributed by atoms with Crippen molar-refractivity contribution in [1.82, 2.24) is 0 Å². The molecule has 0 aromatic heterocycles. The summed E-state index contributed by atoms with van der Waals surface area (Å²) in [5.74, 6) is -9.76. The van der Waals surface area contributed by atoms with Crippen molar-refractivity contribution in [1.29, 1.82) is 0 Å². The van der Waals surface area contributed by atoms with E-state index >= 15 is 4.39 Å². The summed E-state index contributed by atoms with van der Waals surface area (Å²) in [5, 5.41) is -0.731. The third kappa shape index (κ3) is 5.68. The third-order valence-electron chi connectivity index (χ3n) is 6.91. The van der Waals surface area contributed by atoms with Gasteiger partial charge in [0.1, 0.15) is 28.8 Å². The van der Waals surface area contributed by atoms with Crippen molar-refractivity contribution in [3.8, 4) is 28.0 Å². The van der Waals surface area contributed by atoms with Gasteiger partial charge in [0.25, 0.3) is 0 Å². The Morgan fingerprint density at radius 2 is 1.26 bits per heavy atom. The minimum Gasteiger partial charge on any atom is -0.429 e. The van der Waals surface area contributed by atoms with Gasteiger partial charge >= 0.3 is 6.11 Å². The van der Waals surface area contributed by atoms with Gasteiger partial charge in [0.15, 0.2) is 17.5 Å². The fourth-order valence-corrected chi connectivity index (χ4v) is 4.73. The maximum atomic E-state index is 15.1. The molecule has 5 aromatic rings. The highest BCUT2D eigenvalue weighted by atomic mass is 19.3. The Labute approximate surface area is 236 Å². The van der Waals surface area contributed by atoms with Crippen LogP contribution in [-0.2, 0) is 12.5 Å². The summed E-state index contributed by atoms with van der Waals surface area (Å²) in [4.78, 5) is 0. The third-order valence-corrected chi connectivity index (χ3v) is 6.91. The van der Waals surface area contributed by atoms with Crippen LogP contribution in [-0.4, -0.2) is 0 Å². The molecule has 0 spiro atoms. The highest BCUT2D eigenvalue weighted by Gasteiger charge is 2.41. The van der Waals surface area contributed by atoms with Crippen LogP contribution in [0.3, 0.4) is 0 Å². The lowest BCUT2D eigenvalue weighted by Crippen LogP contribution is -2.25. The smallest absolute Gasteiger partial charge is 0.429 e. The van der Waals surface area contributed by atoms with Gasteiger partial charge in [0.2, 0.25) is 0 Å². The average molecular weight is 587 g/mol. The van der Waals surface area contributed by atoms with Crippen LogP contribution in [0, 0.1) is 34.9 Å². The number of hydrogen-bond acceptors (Lipinski definition) is 1. The molecule has 0 heterocycles. The minimum absolute atomic E-state index is 0.210. The maximum absolute atomic E-state index is 15.1. The van der Waals surface area contributed by atoms with Crippen molar-refractivity contribution >= 4 is 10.8 Å². The van der Waals surface area contributed by atoms with Crippen LogP contribution in [0.15, 0.2) is 78.9 Å². The number of halogens is 8. The van der Waals surface area contributed by atoms with E-state index in [9.17, 15) is 30.7 Å². The monoisotopic (exact) mass is 586 g/mol. The molecule has 0 unspecified atom stereocenters. The zero-order chi connectivity index (χ0) is 30.2. The standard InChI is InChI=1S/C33H22F8O/c1-2-3-4-18-5-7-19(8-6-18)20-9-11-24(26(34)14-20)22-15-27(35)30(28(36)16-22)33(40,41)42-23-10-12-25-21(13-23)17-29(37)32(39)31(25)38/h5-17H,2-4H2,1H3. The molecule has 0 radical (unpaired) electrons. The summed E-state index contributed by atoms with van der Waals surface area (Å²) < 4.78 is 120. The summed E-state index contributed by atoms with van der Waals surface area (Å²) in [5.41, 5.74) is 0.120. The van der Waals surface area contributed by atoms with Gasteiger partial charge in [0, 0.05) is 10.9 Å². The van der Waals surface area contributed by atoms with Crippen LogP contribution in [0.4, 0.5) is 35.1 Å². The molecule has 0 bridgehead atoms. The summed E-state index contributed by atoms with van der Waals surface area (Å²) in [6, 6.07) is 15.8. The molecular formula is C33H22F8O. The summed E-state index contributed by atoms with van der Waals surface area (Å²) in [6.45, 7) is 2.09. The van der Waals surface area contributed by atoms with Gasteiger partial charge in [-0.1, -0.05) is 49.7 Å². The maximum Gasteiger partial charge on any atom is 0.432 e. The number of ether oxygens (including phenoxy) is 1. The Bertz CT molecular complexity index is 1760. The highest BCUT2D eigenvalue weighted by Crippen LogP contribution is 2.39. The summed E-state index contributed by atoms with van der Waals surface area (Å²) in [6.07, 6.45) is -1.56. The SMILES string of the molecule is CCCCc1ccc(-c2ccc(-c3cc(F)c(C(F)(F)Oc4ccc5c(F)c(F)c(F)cc5c4)c(F)c3)c(F)c2)cc1. The first kappa shape index (κ1) is 29.1. The second-order valence-electron chi connectivity index (χ2n) is 9.80. The number of alkyl halides is 2. The number of unbranched alkanes of at least 4 members (excludes halogenated alkanes) is 1. The molecule has 0 fully saturated rings. The van der Waals surface area contributed by atoms with Gasteiger partial charge in [0.05, 0.1) is 0 Å². The van der Waals surface area contributed by atoms with Crippen LogP contribution in [0.1, 0.15) is 30.9 Å². The normalized spacial score (nSPS) is 11.7. The Morgan fingerprint density at radius 1 is 0.619 bits per heavy atom. The van der Waals surface area contributed by atoms with Gasteiger partial charge in [-0.05, 0) is 82.9 Å². The van der Waals surface area contributed by atoms with E-state index in [-0.39, 0.29) is 16.5 Å². The van der Waals surface area contributed by atoms with Gasteiger partial charge in [-0.3, -0.25) is 0 Å². The molecule has 0 aliphatic heterocycles. The van der Waals surface area contributed by atoms with E-state index in [2.05, 4.69) is 11.7 Å². The Balaban J connectivity index is 1.41. The van der Waals surface area contributed by atoms with Crippen LogP contribution in [0.5, 0.6) is 5.75 Å². The molecular weight excluding hydrogens is 564 g/mol. The fourth-order valence-electron chi connectivity index (χ4n) is 4.73. The molecule has 42 heavy (non-hydrogen) atoms. The zero-order valence-corrected chi connectivity index (χ0v) is 22.1. The molecule has 0 aliphatic carbocycles.